The van der Waals surface area contributed by atoms with Crippen molar-refractivity contribution < 1.29 is 4.79 Å². The molecule has 0 saturated carbocycles. The molecule has 1 unspecified atom stereocenters. The highest BCUT2D eigenvalue weighted by molar-refractivity contribution is 5.83. The molecule has 1 heterocycles. The molecule has 0 radical (unpaired) electrons. The molecule has 1 aliphatic rings. The Morgan fingerprint density at radius 1 is 1.25 bits per heavy atom. The minimum absolute atomic E-state index is 0.124. The molecule has 0 spiro atoms. The van der Waals surface area contributed by atoms with Crippen molar-refractivity contribution in [1.29, 1.82) is 0 Å². The summed E-state index contributed by atoms with van der Waals surface area (Å²) >= 11 is 0. The topological polar surface area (TPSA) is 58.4 Å². The summed E-state index contributed by atoms with van der Waals surface area (Å²) in [5.41, 5.74) is 6.51. The summed E-state index contributed by atoms with van der Waals surface area (Å²) in [6, 6.07) is 9.89. The van der Waals surface area contributed by atoms with Gasteiger partial charge in [-0.2, -0.15) is 0 Å². The summed E-state index contributed by atoms with van der Waals surface area (Å²) in [5.74, 6) is -0.210. The van der Waals surface area contributed by atoms with E-state index >= 15 is 0 Å². The molecule has 0 aliphatic carbocycles. The van der Waals surface area contributed by atoms with E-state index in [-0.39, 0.29) is 11.9 Å². The van der Waals surface area contributed by atoms with Crippen LogP contribution < -0.4 is 16.0 Å². The van der Waals surface area contributed by atoms with E-state index in [0.29, 0.717) is 0 Å². The molecule has 1 aromatic rings. The molecule has 3 N–H and O–H groups in total. The second-order valence-electron chi connectivity index (χ2n) is 4.90. The van der Waals surface area contributed by atoms with Crippen LogP contribution in [-0.4, -0.2) is 31.6 Å². The van der Waals surface area contributed by atoms with E-state index in [1.165, 1.54) is 0 Å². The Morgan fingerprint density at radius 3 is 2.40 bits per heavy atom. The van der Waals surface area contributed by atoms with Crippen LogP contribution in [0.2, 0.25) is 0 Å². The van der Waals surface area contributed by atoms with Gasteiger partial charge in [-0.05, 0) is 44.5 Å². The molecule has 112 valence electrons. The SMILES string of the molecule is CCNCC.NC(=O)C1CCCCN1c1ccccc1. The lowest BCUT2D eigenvalue weighted by molar-refractivity contribution is -0.119. The maximum atomic E-state index is 11.3. The predicted octanol–water partition coefficient (Wildman–Crippen LogP) is 2.15. The summed E-state index contributed by atoms with van der Waals surface area (Å²) in [4.78, 5) is 13.4. The van der Waals surface area contributed by atoms with Crippen LogP contribution >= 0.6 is 0 Å². The standard InChI is InChI=1S/C12H16N2O.C4H11N/c13-12(15)11-8-4-5-9-14(11)10-6-2-1-3-7-10;1-3-5-4-2/h1-3,6-7,11H,4-5,8-9H2,(H2,13,15);5H,3-4H2,1-2H3. The maximum absolute atomic E-state index is 11.3. The molecule has 4 nitrogen and oxygen atoms in total. The predicted molar refractivity (Wildman–Crippen MR) is 84.8 cm³/mol. The number of benzene rings is 1. The monoisotopic (exact) mass is 277 g/mol. The molecule has 1 saturated heterocycles. The molecule has 4 heteroatoms. The molecule has 0 bridgehead atoms. The number of primary amides is 1. The van der Waals surface area contributed by atoms with Gasteiger partial charge in [0.1, 0.15) is 6.04 Å². The summed E-state index contributed by atoms with van der Waals surface area (Å²) in [7, 11) is 0. The van der Waals surface area contributed by atoms with Crippen molar-refractivity contribution in [1.82, 2.24) is 5.32 Å². The number of carbonyl (C=O) groups excluding carboxylic acids is 1. The van der Waals surface area contributed by atoms with E-state index in [1.54, 1.807) is 0 Å². The van der Waals surface area contributed by atoms with Crippen LogP contribution in [0.15, 0.2) is 30.3 Å². The number of nitrogens with one attached hydrogen (secondary N) is 1. The normalized spacial score (nSPS) is 18.1. The van der Waals surface area contributed by atoms with E-state index in [0.717, 1.165) is 44.6 Å². The highest BCUT2D eigenvalue weighted by atomic mass is 16.1. The van der Waals surface area contributed by atoms with Crippen molar-refractivity contribution in [3.8, 4) is 0 Å². The van der Waals surface area contributed by atoms with Gasteiger partial charge in [0.25, 0.3) is 0 Å². The van der Waals surface area contributed by atoms with Gasteiger partial charge in [-0.25, -0.2) is 0 Å². The van der Waals surface area contributed by atoms with Gasteiger partial charge in [0.05, 0.1) is 0 Å². The largest absolute Gasteiger partial charge is 0.368 e. The fourth-order valence-corrected chi connectivity index (χ4v) is 2.41. The van der Waals surface area contributed by atoms with Gasteiger partial charge in [-0.1, -0.05) is 32.0 Å². The zero-order chi connectivity index (χ0) is 14.8. The van der Waals surface area contributed by atoms with Crippen molar-refractivity contribution in [3.63, 3.8) is 0 Å². The molecule has 20 heavy (non-hydrogen) atoms. The Labute approximate surface area is 122 Å². The van der Waals surface area contributed by atoms with Gasteiger partial charge < -0.3 is 16.0 Å². The number of hydrogen-bond donors (Lipinski definition) is 2. The summed E-state index contributed by atoms with van der Waals surface area (Å²) in [6.45, 7) is 7.32. The third-order valence-electron chi connectivity index (χ3n) is 3.42. The van der Waals surface area contributed by atoms with Crippen molar-refractivity contribution in [3.05, 3.63) is 30.3 Å². The quantitative estimate of drug-likeness (QED) is 0.886. The van der Waals surface area contributed by atoms with Crippen LogP contribution in [0.1, 0.15) is 33.1 Å². The lowest BCUT2D eigenvalue weighted by Gasteiger charge is -2.35. The fourth-order valence-electron chi connectivity index (χ4n) is 2.41. The van der Waals surface area contributed by atoms with Gasteiger partial charge in [-0.15, -0.1) is 0 Å². The second kappa shape index (κ2) is 9.37. The van der Waals surface area contributed by atoms with Gasteiger partial charge in [0, 0.05) is 12.2 Å². The molecular formula is C16H27N3O. The number of carbonyl (C=O) groups is 1. The van der Waals surface area contributed by atoms with E-state index in [1.807, 2.05) is 30.3 Å². The number of anilines is 1. The average molecular weight is 277 g/mol. The summed E-state index contributed by atoms with van der Waals surface area (Å²) in [5, 5.41) is 3.11. The lowest BCUT2D eigenvalue weighted by atomic mass is 10.0. The van der Waals surface area contributed by atoms with E-state index in [4.69, 9.17) is 5.73 Å². The fraction of sp³-hybridized carbons (Fsp3) is 0.562. The minimum atomic E-state index is -0.210. The first-order valence-corrected chi connectivity index (χ1v) is 7.52. The molecule has 1 atom stereocenters. The van der Waals surface area contributed by atoms with Gasteiger partial charge in [0.2, 0.25) is 5.91 Å². The van der Waals surface area contributed by atoms with Crippen molar-refractivity contribution in [2.45, 2.75) is 39.2 Å². The zero-order valence-electron chi connectivity index (χ0n) is 12.6. The third kappa shape index (κ3) is 5.21. The third-order valence-corrected chi connectivity index (χ3v) is 3.42. The van der Waals surface area contributed by atoms with Gasteiger partial charge in [0.15, 0.2) is 0 Å². The number of nitrogens with zero attached hydrogens (tertiary/aromatic N) is 1. The van der Waals surface area contributed by atoms with E-state index in [2.05, 4.69) is 24.1 Å². The van der Waals surface area contributed by atoms with Crippen LogP contribution in [0.3, 0.4) is 0 Å². The molecular weight excluding hydrogens is 250 g/mol. The summed E-state index contributed by atoms with van der Waals surface area (Å²) < 4.78 is 0. The first kappa shape index (κ1) is 16.5. The Hall–Kier alpha value is -1.55. The van der Waals surface area contributed by atoms with Gasteiger partial charge >= 0.3 is 0 Å². The molecule has 1 aliphatic heterocycles. The van der Waals surface area contributed by atoms with Crippen LogP contribution in [0.25, 0.3) is 0 Å². The Bertz CT molecular complexity index is 379. The summed E-state index contributed by atoms with van der Waals surface area (Å²) in [6.07, 6.45) is 3.11. The zero-order valence-corrected chi connectivity index (χ0v) is 12.6. The Morgan fingerprint density at radius 2 is 1.90 bits per heavy atom. The number of amides is 1. The Kier molecular flexibility index (Phi) is 7.73. The number of para-hydroxylation sites is 1. The van der Waals surface area contributed by atoms with Crippen molar-refractivity contribution in [2.24, 2.45) is 5.73 Å². The van der Waals surface area contributed by atoms with Crippen LogP contribution in [0.4, 0.5) is 5.69 Å². The molecule has 1 aromatic carbocycles. The van der Waals surface area contributed by atoms with Crippen LogP contribution in [-0.2, 0) is 4.79 Å². The second-order valence-corrected chi connectivity index (χ2v) is 4.90. The van der Waals surface area contributed by atoms with Crippen molar-refractivity contribution in [2.75, 3.05) is 24.5 Å². The number of hydrogen-bond acceptors (Lipinski definition) is 3. The Balaban J connectivity index is 0.000000347. The first-order valence-electron chi connectivity index (χ1n) is 7.52. The highest BCUT2D eigenvalue weighted by Crippen LogP contribution is 2.24. The molecule has 1 fully saturated rings. The molecule has 0 aromatic heterocycles. The van der Waals surface area contributed by atoms with E-state index in [9.17, 15) is 4.79 Å². The van der Waals surface area contributed by atoms with E-state index < -0.39 is 0 Å². The molecule has 2 rings (SSSR count). The smallest absolute Gasteiger partial charge is 0.240 e. The van der Waals surface area contributed by atoms with Crippen molar-refractivity contribution >= 4 is 11.6 Å². The van der Waals surface area contributed by atoms with Crippen LogP contribution in [0, 0.1) is 0 Å². The number of nitrogens with two attached hydrogens (primary N) is 1. The minimum Gasteiger partial charge on any atom is -0.368 e. The van der Waals surface area contributed by atoms with Crippen LogP contribution in [0.5, 0.6) is 0 Å². The highest BCUT2D eigenvalue weighted by Gasteiger charge is 2.26. The lowest BCUT2D eigenvalue weighted by Crippen LogP contribution is -2.47. The average Bonchev–Trinajstić information content (AvgIpc) is 2.49. The molecule has 1 amide bonds. The number of piperidine rings is 1. The maximum Gasteiger partial charge on any atom is 0.240 e. The van der Waals surface area contributed by atoms with Gasteiger partial charge in [-0.3, -0.25) is 4.79 Å². The number of rotatable bonds is 4. The first-order chi connectivity index (χ1) is 9.70.